The number of nitrogens with zero attached hydrogens (tertiary/aromatic N) is 4. The lowest BCUT2D eigenvalue weighted by atomic mass is 10.0. The highest BCUT2D eigenvalue weighted by atomic mass is 32.2. The first-order valence-electron chi connectivity index (χ1n) is 7.59. The lowest BCUT2D eigenvalue weighted by Gasteiger charge is -2.05. The van der Waals surface area contributed by atoms with Gasteiger partial charge >= 0.3 is 0 Å². The molecule has 2 aromatic heterocycles. The zero-order valence-electron chi connectivity index (χ0n) is 12.5. The summed E-state index contributed by atoms with van der Waals surface area (Å²) < 4.78 is 5.17. The van der Waals surface area contributed by atoms with E-state index < -0.39 is 0 Å². The molecule has 1 atom stereocenters. The van der Waals surface area contributed by atoms with Crippen molar-refractivity contribution in [2.24, 2.45) is 5.92 Å². The van der Waals surface area contributed by atoms with Gasteiger partial charge in [0.25, 0.3) is 0 Å². The predicted octanol–water partition coefficient (Wildman–Crippen LogP) is 3.47. The van der Waals surface area contributed by atoms with Gasteiger partial charge < -0.3 is 4.52 Å². The zero-order chi connectivity index (χ0) is 14.7. The van der Waals surface area contributed by atoms with Crippen molar-refractivity contribution < 1.29 is 4.52 Å². The van der Waals surface area contributed by atoms with Gasteiger partial charge in [0.2, 0.25) is 11.0 Å². The molecule has 1 saturated carbocycles. The van der Waals surface area contributed by atoms with E-state index >= 15 is 0 Å². The summed E-state index contributed by atoms with van der Waals surface area (Å²) in [6, 6.07) is 0. The van der Waals surface area contributed by atoms with Gasteiger partial charge in [0, 0.05) is 6.42 Å². The third-order valence-corrected chi connectivity index (χ3v) is 4.90. The number of thioether (sulfide) groups is 1. The minimum absolute atomic E-state index is 0.0599. The fourth-order valence-corrected chi connectivity index (χ4v) is 3.54. The SMILES string of the molecule is Cc1noc(C(C)Sc2n[nH]c(CCC3CCCC3)n2)n1. The van der Waals surface area contributed by atoms with Crippen LogP contribution in [-0.4, -0.2) is 25.3 Å². The van der Waals surface area contributed by atoms with E-state index in [1.165, 1.54) is 43.9 Å². The number of H-pyrrole nitrogens is 1. The molecule has 0 amide bonds. The number of aromatic amines is 1. The molecule has 2 heterocycles. The molecule has 1 aliphatic carbocycles. The van der Waals surface area contributed by atoms with Gasteiger partial charge in [-0.25, -0.2) is 4.98 Å². The Hall–Kier alpha value is -1.37. The van der Waals surface area contributed by atoms with E-state index in [1.807, 2.05) is 13.8 Å². The van der Waals surface area contributed by atoms with Gasteiger partial charge in [0.05, 0.1) is 5.25 Å². The van der Waals surface area contributed by atoms with Crippen LogP contribution in [0.15, 0.2) is 9.68 Å². The molecule has 2 aromatic rings. The number of rotatable bonds is 6. The summed E-state index contributed by atoms with van der Waals surface area (Å²) in [5.74, 6) is 3.14. The van der Waals surface area contributed by atoms with Gasteiger partial charge in [-0.3, -0.25) is 5.10 Å². The summed E-state index contributed by atoms with van der Waals surface area (Å²) in [4.78, 5) is 8.79. The highest BCUT2D eigenvalue weighted by Gasteiger charge is 2.18. The van der Waals surface area contributed by atoms with Crippen molar-refractivity contribution in [3.63, 3.8) is 0 Å². The molecule has 114 valence electrons. The topological polar surface area (TPSA) is 80.5 Å². The fraction of sp³-hybridized carbons (Fsp3) is 0.714. The molecule has 1 unspecified atom stereocenters. The van der Waals surface area contributed by atoms with Crippen LogP contribution < -0.4 is 0 Å². The van der Waals surface area contributed by atoms with E-state index in [-0.39, 0.29) is 5.25 Å². The van der Waals surface area contributed by atoms with Gasteiger partial charge in [0.1, 0.15) is 5.82 Å². The number of aryl methyl sites for hydroxylation is 2. The van der Waals surface area contributed by atoms with Crippen LogP contribution in [0.1, 0.15) is 61.8 Å². The molecule has 7 heteroatoms. The minimum atomic E-state index is 0.0599. The molecule has 1 fully saturated rings. The molecule has 0 aliphatic heterocycles. The predicted molar refractivity (Wildman–Crippen MR) is 80.0 cm³/mol. The quantitative estimate of drug-likeness (QED) is 0.823. The molecule has 0 aromatic carbocycles. The molecule has 0 radical (unpaired) electrons. The summed E-state index contributed by atoms with van der Waals surface area (Å²) in [6.07, 6.45) is 7.75. The summed E-state index contributed by atoms with van der Waals surface area (Å²) in [5, 5.41) is 11.9. The van der Waals surface area contributed by atoms with Gasteiger partial charge in [-0.05, 0) is 26.2 Å². The Balaban J connectivity index is 1.52. The number of nitrogens with one attached hydrogen (secondary N) is 1. The fourth-order valence-electron chi connectivity index (χ4n) is 2.77. The van der Waals surface area contributed by atoms with Gasteiger partial charge in [-0.15, -0.1) is 5.10 Å². The standard InChI is InChI=1S/C14H21N5OS/c1-9(13-15-10(2)19-20-13)21-14-16-12(17-18-14)8-7-11-5-3-4-6-11/h9,11H,3-8H2,1-2H3,(H,16,17,18). The monoisotopic (exact) mass is 307 g/mol. The molecule has 3 rings (SSSR count). The Kier molecular flexibility index (Phi) is 4.57. The maximum Gasteiger partial charge on any atom is 0.239 e. The molecular formula is C14H21N5OS. The molecule has 1 N–H and O–H groups in total. The van der Waals surface area contributed by atoms with Crippen molar-refractivity contribution in [3.8, 4) is 0 Å². The Morgan fingerprint density at radius 3 is 2.86 bits per heavy atom. The third-order valence-electron chi connectivity index (χ3n) is 3.95. The van der Waals surface area contributed by atoms with E-state index in [1.54, 1.807) is 0 Å². The number of hydrogen-bond donors (Lipinski definition) is 1. The van der Waals surface area contributed by atoms with Crippen molar-refractivity contribution >= 4 is 11.8 Å². The Morgan fingerprint density at radius 1 is 1.33 bits per heavy atom. The Labute approximate surface area is 128 Å². The molecule has 21 heavy (non-hydrogen) atoms. The number of hydrogen-bond acceptors (Lipinski definition) is 6. The lowest BCUT2D eigenvalue weighted by molar-refractivity contribution is 0.376. The highest BCUT2D eigenvalue weighted by Crippen LogP contribution is 2.32. The van der Waals surface area contributed by atoms with Crippen LogP contribution in [0.25, 0.3) is 0 Å². The van der Waals surface area contributed by atoms with Gasteiger partial charge in [-0.2, -0.15) is 4.98 Å². The maximum absolute atomic E-state index is 5.17. The normalized spacial score (nSPS) is 17.4. The van der Waals surface area contributed by atoms with Crippen LogP contribution in [0, 0.1) is 12.8 Å². The largest absolute Gasteiger partial charge is 0.338 e. The summed E-state index contributed by atoms with van der Waals surface area (Å²) >= 11 is 1.54. The summed E-state index contributed by atoms with van der Waals surface area (Å²) in [7, 11) is 0. The molecule has 1 aliphatic rings. The van der Waals surface area contributed by atoms with E-state index in [4.69, 9.17) is 4.52 Å². The van der Waals surface area contributed by atoms with Crippen LogP contribution >= 0.6 is 11.8 Å². The van der Waals surface area contributed by atoms with Crippen molar-refractivity contribution in [1.29, 1.82) is 0 Å². The molecule has 6 nitrogen and oxygen atoms in total. The highest BCUT2D eigenvalue weighted by molar-refractivity contribution is 7.99. The molecule has 0 saturated heterocycles. The van der Waals surface area contributed by atoms with E-state index in [0.717, 1.165) is 23.3 Å². The third kappa shape index (κ3) is 3.84. The summed E-state index contributed by atoms with van der Waals surface area (Å²) in [6.45, 7) is 3.84. The lowest BCUT2D eigenvalue weighted by Crippen LogP contribution is -1.97. The molecule has 0 bridgehead atoms. The summed E-state index contributed by atoms with van der Waals surface area (Å²) in [5.41, 5.74) is 0. The first-order valence-corrected chi connectivity index (χ1v) is 8.47. The maximum atomic E-state index is 5.17. The Bertz CT molecular complexity index is 575. The van der Waals surface area contributed by atoms with Crippen LogP contribution in [0.5, 0.6) is 0 Å². The molecule has 0 spiro atoms. The zero-order valence-corrected chi connectivity index (χ0v) is 13.3. The second kappa shape index (κ2) is 6.60. The van der Waals surface area contributed by atoms with E-state index in [9.17, 15) is 0 Å². The van der Waals surface area contributed by atoms with Crippen molar-refractivity contribution in [2.75, 3.05) is 0 Å². The van der Waals surface area contributed by atoms with E-state index in [2.05, 4.69) is 25.3 Å². The van der Waals surface area contributed by atoms with E-state index in [0.29, 0.717) is 11.7 Å². The average molecular weight is 307 g/mol. The van der Waals surface area contributed by atoms with Gasteiger partial charge in [-0.1, -0.05) is 42.6 Å². The van der Waals surface area contributed by atoms with Crippen LogP contribution in [0.4, 0.5) is 0 Å². The van der Waals surface area contributed by atoms with Crippen molar-refractivity contribution in [3.05, 3.63) is 17.5 Å². The first-order chi connectivity index (χ1) is 10.2. The Morgan fingerprint density at radius 2 is 2.14 bits per heavy atom. The minimum Gasteiger partial charge on any atom is -0.338 e. The second-order valence-corrected chi connectivity index (χ2v) is 7.00. The van der Waals surface area contributed by atoms with Crippen LogP contribution in [-0.2, 0) is 6.42 Å². The second-order valence-electron chi connectivity index (χ2n) is 5.69. The first kappa shape index (κ1) is 14.6. The van der Waals surface area contributed by atoms with Crippen LogP contribution in [0.2, 0.25) is 0 Å². The molecular weight excluding hydrogens is 286 g/mol. The van der Waals surface area contributed by atoms with Crippen molar-refractivity contribution in [1.82, 2.24) is 25.3 Å². The van der Waals surface area contributed by atoms with Crippen LogP contribution in [0.3, 0.4) is 0 Å². The van der Waals surface area contributed by atoms with Crippen molar-refractivity contribution in [2.45, 2.75) is 62.8 Å². The smallest absolute Gasteiger partial charge is 0.239 e. The van der Waals surface area contributed by atoms with Gasteiger partial charge in [0.15, 0.2) is 5.82 Å². The number of aromatic nitrogens is 5. The average Bonchev–Trinajstić information content (AvgIpc) is 3.17.